The number of hydrogen-bond donors (Lipinski definition) is 1. The van der Waals surface area contributed by atoms with Crippen LogP contribution in [0.5, 0.6) is 11.5 Å². The van der Waals surface area contributed by atoms with Crippen LogP contribution in [-0.2, 0) is 16.0 Å². The van der Waals surface area contributed by atoms with Crippen molar-refractivity contribution in [3.63, 3.8) is 0 Å². The van der Waals surface area contributed by atoms with E-state index in [1.165, 1.54) is 0 Å². The SMILES string of the molecule is CN1C(=O)C2(S)CC(C)(C#N)C(c3ccc4c(c3)OCO4)N2C(=O)CC1Cc1ccccc1. The number of thiol groups is 1. The fourth-order valence-corrected chi connectivity index (χ4v) is 6.12. The van der Waals surface area contributed by atoms with Crippen molar-refractivity contribution in [3.05, 3.63) is 59.7 Å². The predicted molar refractivity (Wildman–Crippen MR) is 124 cm³/mol. The van der Waals surface area contributed by atoms with Crippen molar-refractivity contribution in [2.24, 2.45) is 5.41 Å². The lowest BCUT2D eigenvalue weighted by atomic mass is 9.79. The molecule has 2 aromatic carbocycles. The van der Waals surface area contributed by atoms with E-state index >= 15 is 0 Å². The van der Waals surface area contributed by atoms with E-state index in [9.17, 15) is 14.9 Å². The molecule has 8 heteroatoms. The van der Waals surface area contributed by atoms with Gasteiger partial charge in [-0.15, -0.1) is 12.6 Å². The molecule has 0 aliphatic carbocycles. The molecule has 0 N–H and O–H groups in total. The molecule has 33 heavy (non-hydrogen) atoms. The summed E-state index contributed by atoms with van der Waals surface area (Å²) in [5.74, 6) is 0.734. The van der Waals surface area contributed by atoms with Crippen LogP contribution in [0.1, 0.15) is 36.9 Å². The van der Waals surface area contributed by atoms with E-state index in [-0.39, 0.29) is 37.5 Å². The van der Waals surface area contributed by atoms with Crippen molar-refractivity contribution in [1.82, 2.24) is 9.80 Å². The average molecular weight is 464 g/mol. The molecule has 3 aliphatic heterocycles. The summed E-state index contributed by atoms with van der Waals surface area (Å²) in [6.45, 7) is 1.92. The van der Waals surface area contributed by atoms with Gasteiger partial charge in [0, 0.05) is 25.9 Å². The first-order valence-corrected chi connectivity index (χ1v) is 11.4. The fraction of sp³-hybridized carbons (Fsp3) is 0.400. The van der Waals surface area contributed by atoms with Gasteiger partial charge in [0.25, 0.3) is 5.91 Å². The van der Waals surface area contributed by atoms with Gasteiger partial charge in [0.15, 0.2) is 16.4 Å². The minimum absolute atomic E-state index is 0.128. The molecule has 170 valence electrons. The highest BCUT2D eigenvalue weighted by Gasteiger charge is 2.64. The molecule has 3 aliphatic rings. The van der Waals surface area contributed by atoms with Crippen molar-refractivity contribution in [3.8, 4) is 17.6 Å². The number of rotatable bonds is 3. The maximum Gasteiger partial charge on any atom is 0.258 e. The van der Waals surface area contributed by atoms with Crippen LogP contribution in [0.4, 0.5) is 0 Å². The Hall–Kier alpha value is -3.18. The first-order chi connectivity index (χ1) is 15.8. The van der Waals surface area contributed by atoms with Crippen molar-refractivity contribution >= 4 is 24.4 Å². The Labute approximate surface area is 198 Å². The number of nitriles is 1. The molecular weight excluding hydrogens is 438 g/mol. The van der Waals surface area contributed by atoms with Gasteiger partial charge in [-0.1, -0.05) is 36.4 Å². The van der Waals surface area contributed by atoms with Crippen LogP contribution in [0, 0.1) is 16.7 Å². The Morgan fingerprint density at radius 2 is 1.88 bits per heavy atom. The van der Waals surface area contributed by atoms with Gasteiger partial charge in [-0.05, 0) is 36.6 Å². The number of likely N-dealkylation sites (N-methyl/N-ethyl adjacent to an activating group) is 1. The largest absolute Gasteiger partial charge is 0.454 e. The highest BCUT2D eigenvalue weighted by atomic mass is 32.1. The van der Waals surface area contributed by atoms with Crippen molar-refractivity contribution in [2.45, 2.75) is 43.1 Å². The topological polar surface area (TPSA) is 82.9 Å². The summed E-state index contributed by atoms with van der Waals surface area (Å²) < 4.78 is 11.0. The van der Waals surface area contributed by atoms with Gasteiger partial charge in [0.05, 0.1) is 17.5 Å². The number of nitrogens with zero attached hydrogens (tertiary/aromatic N) is 3. The Bertz CT molecular complexity index is 1170. The highest BCUT2D eigenvalue weighted by molar-refractivity contribution is 7.82. The summed E-state index contributed by atoms with van der Waals surface area (Å²) in [5.41, 5.74) is 0.775. The fourth-order valence-electron chi connectivity index (χ4n) is 5.40. The summed E-state index contributed by atoms with van der Waals surface area (Å²) in [5, 5.41) is 10.2. The third kappa shape index (κ3) is 3.34. The minimum Gasteiger partial charge on any atom is -0.454 e. The molecule has 2 aromatic rings. The van der Waals surface area contributed by atoms with Gasteiger partial charge in [-0.25, -0.2) is 0 Å². The third-order valence-corrected chi connectivity index (χ3v) is 7.61. The van der Waals surface area contributed by atoms with Crippen LogP contribution in [0.2, 0.25) is 0 Å². The van der Waals surface area contributed by atoms with E-state index in [1.807, 2.05) is 36.4 Å². The van der Waals surface area contributed by atoms with Crippen LogP contribution in [0.3, 0.4) is 0 Å². The standard InChI is InChI=1S/C25H25N3O4S/c1-24(14-26)13-25(33)23(30)27(2)18(10-16-6-4-3-5-7-16)12-21(29)28(25)22(24)17-8-9-19-20(11-17)32-15-31-19/h3-9,11,18,22,33H,10,12-13,15H2,1-2H3. The quantitative estimate of drug-likeness (QED) is 0.706. The Morgan fingerprint density at radius 3 is 2.61 bits per heavy atom. The molecular formula is C25H25N3O4S. The van der Waals surface area contributed by atoms with Crippen LogP contribution in [-0.4, -0.2) is 46.4 Å². The zero-order valence-corrected chi connectivity index (χ0v) is 19.4. The molecule has 0 aromatic heterocycles. The van der Waals surface area contributed by atoms with Gasteiger partial charge < -0.3 is 19.3 Å². The molecule has 5 rings (SSSR count). The van der Waals surface area contributed by atoms with Gasteiger partial charge in [0.1, 0.15) is 0 Å². The average Bonchev–Trinajstić information content (AvgIpc) is 3.36. The van der Waals surface area contributed by atoms with Gasteiger partial charge in [0.2, 0.25) is 12.7 Å². The number of benzene rings is 2. The normalized spacial score (nSPS) is 30.7. The van der Waals surface area contributed by atoms with Gasteiger partial charge in [-0.2, -0.15) is 5.26 Å². The second kappa shape index (κ2) is 7.70. The monoisotopic (exact) mass is 463 g/mol. The molecule has 7 nitrogen and oxygen atoms in total. The van der Waals surface area contributed by atoms with E-state index in [1.54, 1.807) is 35.9 Å². The molecule has 2 fully saturated rings. The number of carbonyl (C=O) groups excluding carboxylic acids is 2. The minimum atomic E-state index is -1.41. The molecule has 4 atom stereocenters. The Balaban J connectivity index is 1.56. The second-order valence-electron chi connectivity index (χ2n) is 9.27. The Kier molecular flexibility index (Phi) is 5.05. The summed E-state index contributed by atoms with van der Waals surface area (Å²) in [6.07, 6.45) is 0.852. The number of hydrogen-bond acceptors (Lipinski definition) is 6. The summed E-state index contributed by atoms with van der Waals surface area (Å²) in [7, 11) is 1.72. The molecule has 0 spiro atoms. The van der Waals surface area contributed by atoms with Crippen LogP contribution in [0.15, 0.2) is 48.5 Å². The van der Waals surface area contributed by atoms with E-state index < -0.39 is 16.3 Å². The molecule has 4 unspecified atom stereocenters. The van der Waals surface area contributed by atoms with Crippen LogP contribution in [0.25, 0.3) is 0 Å². The van der Waals surface area contributed by atoms with Crippen molar-refractivity contribution < 1.29 is 19.1 Å². The summed E-state index contributed by atoms with van der Waals surface area (Å²) in [4.78, 5) is 29.3. The molecule has 2 saturated heterocycles. The van der Waals surface area contributed by atoms with E-state index in [0.29, 0.717) is 17.9 Å². The lowest BCUT2D eigenvalue weighted by molar-refractivity contribution is -0.142. The molecule has 2 amide bonds. The summed E-state index contributed by atoms with van der Waals surface area (Å²) >= 11 is 4.82. The van der Waals surface area contributed by atoms with Crippen molar-refractivity contribution in [1.29, 1.82) is 5.26 Å². The number of fused-ring (bicyclic) bond motifs is 2. The maximum atomic E-state index is 13.8. The molecule has 0 saturated carbocycles. The van der Waals surface area contributed by atoms with E-state index in [4.69, 9.17) is 22.1 Å². The number of ether oxygens (including phenoxy) is 2. The second-order valence-corrected chi connectivity index (χ2v) is 10.0. The van der Waals surface area contributed by atoms with Gasteiger partial charge >= 0.3 is 0 Å². The van der Waals surface area contributed by atoms with Gasteiger partial charge in [-0.3, -0.25) is 9.59 Å². The number of amides is 2. The molecule has 0 radical (unpaired) electrons. The number of carbonyl (C=O) groups is 2. The first-order valence-electron chi connectivity index (χ1n) is 10.9. The lowest BCUT2D eigenvalue weighted by Crippen LogP contribution is -2.52. The van der Waals surface area contributed by atoms with E-state index in [2.05, 4.69) is 6.07 Å². The Morgan fingerprint density at radius 1 is 1.15 bits per heavy atom. The molecule has 0 bridgehead atoms. The maximum absolute atomic E-state index is 13.8. The zero-order chi connectivity index (χ0) is 23.4. The van der Waals surface area contributed by atoms with E-state index in [0.717, 1.165) is 11.1 Å². The predicted octanol–water partition coefficient (Wildman–Crippen LogP) is 3.32. The lowest BCUT2D eigenvalue weighted by Gasteiger charge is -2.36. The van der Waals surface area contributed by atoms with Crippen LogP contribution >= 0.6 is 12.6 Å². The molecule has 3 heterocycles. The summed E-state index contributed by atoms with van der Waals surface area (Å²) in [6, 6.07) is 16.7. The zero-order valence-electron chi connectivity index (χ0n) is 18.5. The van der Waals surface area contributed by atoms with Crippen LogP contribution < -0.4 is 9.47 Å². The van der Waals surface area contributed by atoms with Crippen molar-refractivity contribution in [2.75, 3.05) is 13.8 Å². The smallest absolute Gasteiger partial charge is 0.258 e. The first kappa shape index (κ1) is 21.7. The highest BCUT2D eigenvalue weighted by Crippen LogP contribution is 2.58. The third-order valence-electron chi connectivity index (χ3n) is 7.05.